The van der Waals surface area contributed by atoms with Gasteiger partial charge in [-0.25, -0.2) is 4.98 Å². The number of nitrogens with zero attached hydrogens (tertiary/aromatic N) is 2. The Hall–Kier alpha value is -2.13. The van der Waals surface area contributed by atoms with E-state index in [9.17, 15) is 4.79 Å². The first-order valence-corrected chi connectivity index (χ1v) is 5.12. The number of anilines is 1. The molecule has 6 nitrogen and oxygen atoms in total. The molecular formula is C11H14N4O2. The SMILES string of the molecule is COCCNC(=O)CNc1ccc(C#N)cn1. The number of ether oxygens (including phenoxy) is 1. The quantitative estimate of drug-likeness (QED) is 0.683. The zero-order chi connectivity index (χ0) is 12.5. The van der Waals surface area contributed by atoms with Crippen LogP contribution in [-0.4, -0.2) is 37.7 Å². The van der Waals surface area contributed by atoms with Crippen LogP contribution in [0.4, 0.5) is 5.82 Å². The van der Waals surface area contributed by atoms with Crippen molar-refractivity contribution in [2.45, 2.75) is 0 Å². The van der Waals surface area contributed by atoms with Gasteiger partial charge < -0.3 is 15.4 Å². The van der Waals surface area contributed by atoms with Crippen molar-refractivity contribution >= 4 is 11.7 Å². The highest BCUT2D eigenvalue weighted by Gasteiger charge is 2.00. The molecule has 0 fully saturated rings. The molecule has 0 aromatic carbocycles. The summed E-state index contributed by atoms with van der Waals surface area (Å²) in [6, 6.07) is 5.26. The zero-order valence-electron chi connectivity index (χ0n) is 9.56. The predicted molar refractivity (Wildman–Crippen MR) is 62.3 cm³/mol. The third-order valence-corrected chi connectivity index (χ3v) is 1.95. The van der Waals surface area contributed by atoms with Crippen molar-refractivity contribution < 1.29 is 9.53 Å². The maximum atomic E-state index is 11.3. The first-order valence-electron chi connectivity index (χ1n) is 5.12. The molecule has 0 aliphatic heterocycles. The van der Waals surface area contributed by atoms with Crippen LogP contribution in [-0.2, 0) is 9.53 Å². The lowest BCUT2D eigenvalue weighted by Crippen LogP contribution is -2.32. The van der Waals surface area contributed by atoms with Gasteiger partial charge in [0.1, 0.15) is 11.9 Å². The average Bonchev–Trinajstić information content (AvgIpc) is 2.37. The summed E-state index contributed by atoms with van der Waals surface area (Å²) in [4.78, 5) is 15.3. The summed E-state index contributed by atoms with van der Waals surface area (Å²) < 4.78 is 4.80. The van der Waals surface area contributed by atoms with E-state index in [4.69, 9.17) is 10.00 Å². The van der Waals surface area contributed by atoms with Crippen molar-refractivity contribution in [2.75, 3.05) is 32.1 Å². The number of hydrogen-bond donors (Lipinski definition) is 2. The number of carbonyl (C=O) groups is 1. The van der Waals surface area contributed by atoms with Crippen LogP contribution in [0.2, 0.25) is 0 Å². The van der Waals surface area contributed by atoms with E-state index in [2.05, 4.69) is 15.6 Å². The molecule has 1 aromatic rings. The van der Waals surface area contributed by atoms with Crippen LogP contribution in [0.25, 0.3) is 0 Å². The third kappa shape index (κ3) is 4.95. The Morgan fingerprint density at radius 1 is 1.59 bits per heavy atom. The van der Waals surface area contributed by atoms with Crippen LogP contribution in [0.1, 0.15) is 5.56 Å². The smallest absolute Gasteiger partial charge is 0.239 e. The molecule has 0 radical (unpaired) electrons. The second-order valence-electron chi connectivity index (χ2n) is 3.24. The lowest BCUT2D eigenvalue weighted by Gasteiger charge is -2.06. The number of amides is 1. The van der Waals surface area contributed by atoms with Crippen LogP contribution in [0.3, 0.4) is 0 Å². The second-order valence-corrected chi connectivity index (χ2v) is 3.24. The van der Waals surface area contributed by atoms with Crippen molar-refractivity contribution in [1.29, 1.82) is 5.26 Å². The number of nitriles is 1. The summed E-state index contributed by atoms with van der Waals surface area (Å²) in [7, 11) is 1.57. The monoisotopic (exact) mass is 234 g/mol. The van der Waals surface area contributed by atoms with Gasteiger partial charge >= 0.3 is 0 Å². The molecule has 2 N–H and O–H groups in total. The van der Waals surface area contributed by atoms with E-state index < -0.39 is 0 Å². The molecule has 6 heteroatoms. The largest absolute Gasteiger partial charge is 0.383 e. The first kappa shape index (κ1) is 12.9. The molecule has 1 heterocycles. The Bertz CT molecular complexity index is 397. The summed E-state index contributed by atoms with van der Waals surface area (Å²) in [6.07, 6.45) is 1.45. The van der Waals surface area contributed by atoms with Gasteiger partial charge in [0.15, 0.2) is 0 Å². The standard InChI is InChI=1S/C11H14N4O2/c1-17-5-4-13-11(16)8-15-10-3-2-9(6-12)7-14-10/h2-3,7H,4-5,8H2,1H3,(H,13,16)(H,14,15). The van der Waals surface area contributed by atoms with Crippen LogP contribution in [0.5, 0.6) is 0 Å². The predicted octanol–water partition coefficient (Wildman–Crippen LogP) is 0.128. The number of pyridine rings is 1. The third-order valence-electron chi connectivity index (χ3n) is 1.95. The van der Waals surface area contributed by atoms with E-state index in [-0.39, 0.29) is 12.5 Å². The molecule has 0 aliphatic carbocycles. The molecule has 0 unspecified atom stereocenters. The molecule has 90 valence electrons. The fourth-order valence-electron chi connectivity index (χ4n) is 1.09. The number of carbonyl (C=O) groups excluding carboxylic acids is 1. The average molecular weight is 234 g/mol. The molecule has 0 atom stereocenters. The zero-order valence-corrected chi connectivity index (χ0v) is 9.56. The molecule has 0 spiro atoms. The highest BCUT2D eigenvalue weighted by molar-refractivity contribution is 5.80. The Labute approximate surface area is 99.6 Å². The summed E-state index contributed by atoms with van der Waals surface area (Å²) in [5, 5.41) is 14.1. The minimum Gasteiger partial charge on any atom is -0.383 e. The maximum absolute atomic E-state index is 11.3. The van der Waals surface area contributed by atoms with E-state index in [1.807, 2.05) is 6.07 Å². The van der Waals surface area contributed by atoms with Gasteiger partial charge in [0.2, 0.25) is 5.91 Å². The summed E-state index contributed by atoms with van der Waals surface area (Å²) in [5.74, 6) is 0.430. The topological polar surface area (TPSA) is 87.0 Å². The number of rotatable bonds is 6. The Morgan fingerprint density at radius 2 is 2.41 bits per heavy atom. The van der Waals surface area contributed by atoms with Gasteiger partial charge in [0, 0.05) is 19.9 Å². The van der Waals surface area contributed by atoms with E-state index >= 15 is 0 Å². The molecule has 1 amide bonds. The Balaban J connectivity index is 2.30. The summed E-state index contributed by atoms with van der Waals surface area (Å²) in [5.41, 5.74) is 0.486. The molecule has 0 bridgehead atoms. The Morgan fingerprint density at radius 3 is 3.00 bits per heavy atom. The fraction of sp³-hybridized carbons (Fsp3) is 0.364. The maximum Gasteiger partial charge on any atom is 0.239 e. The molecule has 0 saturated heterocycles. The highest BCUT2D eigenvalue weighted by Crippen LogP contribution is 2.02. The lowest BCUT2D eigenvalue weighted by molar-refractivity contribution is -0.119. The molecule has 1 rings (SSSR count). The first-order chi connectivity index (χ1) is 8.26. The number of nitrogens with one attached hydrogen (secondary N) is 2. The minimum absolute atomic E-state index is 0.131. The van der Waals surface area contributed by atoms with Crippen LogP contribution in [0, 0.1) is 11.3 Å². The van der Waals surface area contributed by atoms with Gasteiger partial charge in [0.25, 0.3) is 0 Å². The van der Waals surface area contributed by atoms with Crippen molar-refractivity contribution in [2.24, 2.45) is 0 Å². The molecule has 17 heavy (non-hydrogen) atoms. The van der Waals surface area contributed by atoms with Gasteiger partial charge in [0.05, 0.1) is 18.7 Å². The van der Waals surface area contributed by atoms with Gasteiger partial charge in [-0.1, -0.05) is 0 Å². The number of aromatic nitrogens is 1. The minimum atomic E-state index is -0.131. The van der Waals surface area contributed by atoms with Crippen LogP contribution in [0.15, 0.2) is 18.3 Å². The Kier molecular flexibility index (Phi) is 5.47. The van der Waals surface area contributed by atoms with E-state index in [0.29, 0.717) is 24.5 Å². The second kappa shape index (κ2) is 7.19. The van der Waals surface area contributed by atoms with Crippen LogP contribution < -0.4 is 10.6 Å². The van der Waals surface area contributed by atoms with Crippen molar-refractivity contribution in [3.05, 3.63) is 23.9 Å². The highest BCUT2D eigenvalue weighted by atomic mass is 16.5. The molecule has 1 aromatic heterocycles. The van der Waals surface area contributed by atoms with Crippen LogP contribution >= 0.6 is 0 Å². The molecule has 0 aliphatic rings. The number of hydrogen-bond acceptors (Lipinski definition) is 5. The summed E-state index contributed by atoms with van der Waals surface area (Å²) >= 11 is 0. The van der Waals surface area contributed by atoms with E-state index in [1.54, 1.807) is 19.2 Å². The van der Waals surface area contributed by atoms with E-state index in [1.165, 1.54) is 6.20 Å². The van der Waals surface area contributed by atoms with E-state index in [0.717, 1.165) is 0 Å². The molecule has 0 saturated carbocycles. The van der Waals surface area contributed by atoms with Gasteiger partial charge in [-0.15, -0.1) is 0 Å². The van der Waals surface area contributed by atoms with Crippen molar-refractivity contribution in [3.8, 4) is 6.07 Å². The van der Waals surface area contributed by atoms with Gasteiger partial charge in [-0.2, -0.15) is 5.26 Å². The van der Waals surface area contributed by atoms with Crippen molar-refractivity contribution in [1.82, 2.24) is 10.3 Å². The van der Waals surface area contributed by atoms with Gasteiger partial charge in [-0.05, 0) is 12.1 Å². The van der Waals surface area contributed by atoms with Gasteiger partial charge in [-0.3, -0.25) is 4.79 Å². The lowest BCUT2D eigenvalue weighted by atomic mass is 10.3. The van der Waals surface area contributed by atoms with Crippen molar-refractivity contribution in [3.63, 3.8) is 0 Å². The fourth-order valence-corrected chi connectivity index (χ4v) is 1.09. The summed E-state index contributed by atoms with van der Waals surface area (Å²) in [6.45, 7) is 1.11. The number of methoxy groups -OCH3 is 1. The molecular weight excluding hydrogens is 220 g/mol. The normalized spacial score (nSPS) is 9.41.